The largest absolute Gasteiger partial charge is 0.383 e. The fourth-order valence-electron chi connectivity index (χ4n) is 1.99. The molecule has 2 aromatic rings. The van der Waals surface area contributed by atoms with Gasteiger partial charge in [-0.15, -0.1) is 0 Å². The van der Waals surface area contributed by atoms with Crippen molar-refractivity contribution in [3.8, 4) is 0 Å². The molecule has 0 fully saturated rings. The predicted molar refractivity (Wildman–Crippen MR) is 76.7 cm³/mol. The Morgan fingerprint density at radius 1 is 1.42 bits per heavy atom. The molecule has 104 valence electrons. The summed E-state index contributed by atoms with van der Waals surface area (Å²) in [6.45, 7) is 7.08. The fraction of sp³-hybridized carbons (Fsp3) is 0.571. The van der Waals surface area contributed by atoms with Crippen molar-refractivity contribution in [2.45, 2.75) is 39.2 Å². The quantitative estimate of drug-likeness (QED) is 0.869. The monoisotopic (exact) mass is 262 g/mol. The molecule has 1 N–H and O–H groups in total. The summed E-state index contributed by atoms with van der Waals surface area (Å²) >= 11 is 0. The van der Waals surface area contributed by atoms with Crippen LogP contribution in [0.5, 0.6) is 0 Å². The zero-order valence-corrected chi connectivity index (χ0v) is 12.1. The third kappa shape index (κ3) is 3.04. The number of hydrogen-bond acceptors (Lipinski definition) is 4. The molecule has 1 unspecified atom stereocenters. The van der Waals surface area contributed by atoms with Crippen LogP contribution in [0.25, 0.3) is 5.52 Å². The summed E-state index contributed by atoms with van der Waals surface area (Å²) < 4.78 is 7.09. The first-order valence-electron chi connectivity index (χ1n) is 6.75. The maximum atomic E-state index is 5.21. The van der Waals surface area contributed by atoms with Crippen LogP contribution in [-0.4, -0.2) is 34.4 Å². The van der Waals surface area contributed by atoms with Crippen LogP contribution in [0.1, 0.15) is 38.8 Å². The van der Waals surface area contributed by atoms with Gasteiger partial charge in [0.25, 0.3) is 0 Å². The van der Waals surface area contributed by atoms with E-state index in [0.29, 0.717) is 12.5 Å². The number of aromatic nitrogens is 3. The molecule has 2 heterocycles. The average molecular weight is 262 g/mol. The molecule has 1 atom stereocenters. The van der Waals surface area contributed by atoms with E-state index in [4.69, 9.17) is 4.74 Å². The van der Waals surface area contributed by atoms with E-state index in [2.05, 4.69) is 42.2 Å². The number of ether oxygens (including phenoxy) is 1. The van der Waals surface area contributed by atoms with Crippen LogP contribution >= 0.6 is 0 Å². The zero-order valence-electron chi connectivity index (χ0n) is 12.1. The normalized spacial score (nSPS) is 13.1. The fourth-order valence-corrected chi connectivity index (χ4v) is 1.99. The van der Waals surface area contributed by atoms with Crippen LogP contribution in [0.4, 0.5) is 5.82 Å². The van der Waals surface area contributed by atoms with E-state index in [1.807, 2.05) is 10.7 Å². The van der Waals surface area contributed by atoms with E-state index < -0.39 is 0 Å². The first-order valence-corrected chi connectivity index (χ1v) is 6.75. The van der Waals surface area contributed by atoms with Crippen molar-refractivity contribution in [1.82, 2.24) is 14.6 Å². The van der Waals surface area contributed by atoms with Crippen molar-refractivity contribution < 1.29 is 4.74 Å². The van der Waals surface area contributed by atoms with Gasteiger partial charge in [-0.2, -0.15) is 5.10 Å². The minimum absolute atomic E-state index is 0.265. The second kappa shape index (κ2) is 6.02. The number of nitrogens with zero attached hydrogens (tertiary/aromatic N) is 3. The Kier molecular flexibility index (Phi) is 4.37. The molecule has 5 heteroatoms. The minimum Gasteiger partial charge on any atom is -0.383 e. The van der Waals surface area contributed by atoms with E-state index in [1.54, 1.807) is 13.3 Å². The van der Waals surface area contributed by atoms with Gasteiger partial charge in [0.1, 0.15) is 5.52 Å². The Labute approximate surface area is 114 Å². The molecule has 0 spiro atoms. The number of rotatable bonds is 6. The molecule has 0 saturated heterocycles. The van der Waals surface area contributed by atoms with Crippen LogP contribution in [0.15, 0.2) is 18.5 Å². The van der Waals surface area contributed by atoms with Crippen molar-refractivity contribution in [2.24, 2.45) is 0 Å². The van der Waals surface area contributed by atoms with E-state index in [9.17, 15) is 0 Å². The Hall–Kier alpha value is -1.62. The first kappa shape index (κ1) is 13.8. The maximum Gasteiger partial charge on any atom is 0.152 e. The van der Waals surface area contributed by atoms with Gasteiger partial charge < -0.3 is 10.1 Å². The smallest absolute Gasteiger partial charge is 0.152 e. The van der Waals surface area contributed by atoms with Crippen molar-refractivity contribution in [1.29, 1.82) is 0 Å². The lowest BCUT2D eigenvalue weighted by Crippen LogP contribution is -2.24. The van der Waals surface area contributed by atoms with Gasteiger partial charge in [-0.25, -0.2) is 9.50 Å². The summed E-state index contributed by atoms with van der Waals surface area (Å²) in [5.74, 6) is 1.28. The Morgan fingerprint density at radius 2 is 2.21 bits per heavy atom. The first-order chi connectivity index (χ1) is 9.15. The molecule has 5 nitrogen and oxygen atoms in total. The number of anilines is 1. The second-order valence-corrected chi connectivity index (χ2v) is 5.03. The van der Waals surface area contributed by atoms with Gasteiger partial charge in [0.2, 0.25) is 0 Å². The lowest BCUT2D eigenvalue weighted by Gasteiger charge is -2.16. The standard InChI is InChI=1S/C14H22N4O/c1-5-11(9-19-4)16-14-13-8-12(10(2)3)17-18(13)7-6-15-14/h6-8,10-11H,5,9H2,1-4H3,(H,15,16). The topological polar surface area (TPSA) is 51.5 Å². The molecule has 19 heavy (non-hydrogen) atoms. The zero-order chi connectivity index (χ0) is 13.8. The molecule has 0 aliphatic carbocycles. The van der Waals surface area contributed by atoms with Crippen LogP contribution in [-0.2, 0) is 4.74 Å². The summed E-state index contributed by atoms with van der Waals surface area (Å²) in [7, 11) is 1.72. The molecule has 0 aromatic carbocycles. The van der Waals surface area contributed by atoms with Gasteiger partial charge in [-0.05, 0) is 18.4 Å². The number of methoxy groups -OCH3 is 1. The molecular formula is C14H22N4O. The number of fused-ring (bicyclic) bond motifs is 1. The minimum atomic E-state index is 0.265. The molecule has 0 bridgehead atoms. The number of nitrogens with one attached hydrogen (secondary N) is 1. The predicted octanol–water partition coefficient (Wildman–Crippen LogP) is 2.69. The number of hydrogen-bond donors (Lipinski definition) is 1. The molecule has 0 radical (unpaired) electrons. The highest BCUT2D eigenvalue weighted by molar-refractivity contribution is 5.68. The molecular weight excluding hydrogens is 240 g/mol. The van der Waals surface area contributed by atoms with Gasteiger partial charge in [0.05, 0.1) is 18.3 Å². The Balaban J connectivity index is 2.32. The maximum absolute atomic E-state index is 5.21. The van der Waals surface area contributed by atoms with Gasteiger partial charge in [0, 0.05) is 19.5 Å². The summed E-state index contributed by atoms with van der Waals surface area (Å²) in [5.41, 5.74) is 2.09. The Bertz CT molecular complexity index is 535. The lowest BCUT2D eigenvalue weighted by atomic mass is 10.1. The highest BCUT2D eigenvalue weighted by Crippen LogP contribution is 2.20. The van der Waals surface area contributed by atoms with Crippen molar-refractivity contribution in [2.75, 3.05) is 19.0 Å². The molecule has 2 aromatic heterocycles. The summed E-state index contributed by atoms with van der Waals surface area (Å²) in [4.78, 5) is 4.42. The third-order valence-electron chi connectivity index (χ3n) is 3.20. The molecule has 0 aliphatic rings. The molecule has 0 saturated carbocycles. The van der Waals surface area contributed by atoms with Crippen molar-refractivity contribution in [3.63, 3.8) is 0 Å². The van der Waals surface area contributed by atoms with E-state index in [1.165, 1.54) is 0 Å². The van der Waals surface area contributed by atoms with Crippen LogP contribution in [0, 0.1) is 0 Å². The van der Waals surface area contributed by atoms with Crippen LogP contribution in [0.3, 0.4) is 0 Å². The van der Waals surface area contributed by atoms with E-state index >= 15 is 0 Å². The van der Waals surface area contributed by atoms with Gasteiger partial charge in [-0.1, -0.05) is 20.8 Å². The molecule has 0 aliphatic heterocycles. The van der Waals surface area contributed by atoms with Gasteiger partial charge in [-0.3, -0.25) is 0 Å². The highest BCUT2D eigenvalue weighted by Gasteiger charge is 2.12. The lowest BCUT2D eigenvalue weighted by molar-refractivity contribution is 0.184. The van der Waals surface area contributed by atoms with Crippen molar-refractivity contribution >= 4 is 11.3 Å². The second-order valence-electron chi connectivity index (χ2n) is 5.03. The SMILES string of the molecule is CCC(COC)Nc1nccn2nc(C(C)C)cc12. The third-order valence-corrected chi connectivity index (χ3v) is 3.20. The molecule has 2 rings (SSSR count). The van der Waals surface area contributed by atoms with Gasteiger partial charge >= 0.3 is 0 Å². The summed E-state index contributed by atoms with van der Waals surface area (Å²) in [6.07, 6.45) is 4.64. The average Bonchev–Trinajstić information content (AvgIpc) is 2.83. The molecule has 0 amide bonds. The van der Waals surface area contributed by atoms with Crippen LogP contribution in [0.2, 0.25) is 0 Å². The summed E-state index contributed by atoms with van der Waals surface area (Å²) in [5, 5.41) is 7.99. The summed E-state index contributed by atoms with van der Waals surface area (Å²) in [6, 6.07) is 2.36. The van der Waals surface area contributed by atoms with Crippen LogP contribution < -0.4 is 5.32 Å². The van der Waals surface area contributed by atoms with E-state index in [0.717, 1.165) is 23.4 Å². The Morgan fingerprint density at radius 3 is 2.84 bits per heavy atom. The van der Waals surface area contributed by atoms with Gasteiger partial charge in [0.15, 0.2) is 5.82 Å². The van der Waals surface area contributed by atoms with Crippen molar-refractivity contribution in [3.05, 3.63) is 24.2 Å². The van der Waals surface area contributed by atoms with E-state index in [-0.39, 0.29) is 6.04 Å². The highest BCUT2D eigenvalue weighted by atomic mass is 16.5.